The van der Waals surface area contributed by atoms with E-state index in [9.17, 15) is 13.2 Å². The Labute approximate surface area is 116 Å². The van der Waals surface area contributed by atoms with E-state index in [2.05, 4.69) is 17.2 Å². The molecule has 0 radical (unpaired) electrons. The number of ether oxygens (including phenoxy) is 1. The summed E-state index contributed by atoms with van der Waals surface area (Å²) in [7, 11) is 0. The standard InChI is InChI=1S/C14H19F3N2O/c1-9-5-12(7-19-13(9)14(15,16)17)20-8-11-3-4-18-6-10(11)2/h5,7,10-11,18H,3-4,6,8H2,1-2H3/t10-,11-/m0/s1. The van der Waals surface area contributed by atoms with Crippen molar-refractivity contribution >= 4 is 0 Å². The normalized spacial score (nSPS) is 23.6. The third kappa shape index (κ3) is 3.62. The molecular weight excluding hydrogens is 269 g/mol. The number of hydrogen-bond donors (Lipinski definition) is 1. The van der Waals surface area contributed by atoms with Gasteiger partial charge in [-0.15, -0.1) is 0 Å². The molecule has 2 rings (SSSR count). The summed E-state index contributed by atoms with van der Waals surface area (Å²) in [6, 6.07) is 1.40. The van der Waals surface area contributed by atoms with Gasteiger partial charge in [0.25, 0.3) is 0 Å². The zero-order valence-electron chi connectivity index (χ0n) is 11.6. The van der Waals surface area contributed by atoms with Gasteiger partial charge < -0.3 is 10.1 Å². The Kier molecular flexibility index (Phi) is 4.52. The highest BCUT2D eigenvalue weighted by Gasteiger charge is 2.34. The maximum atomic E-state index is 12.6. The molecule has 3 nitrogen and oxygen atoms in total. The van der Waals surface area contributed by atoms with Gasteiger partial charge in [0.05, 0.1) is 12.8 Å². The van der Waals surface area contributed by atoms with Crippen molar-refractivity contribution in [1.82, 2.24) is 10.3 Å². The third-order valence-electron chi connectivity index (χ3n) is 3.75. The van der Waals surface area contributed by atoms with Gasteiger partial charge in [-0.3, -0.25) is 0 Å². The van der Waals surface area contributed by atoms with Crippen molar-refractivity contribution in [3.05, 3.63) is 23.5 Å². The van der Waals surface area contributed by atoms with Crippen LogP contribution in [-0.2, 0) is 6.18 Å². The van der Waals surface area contributed by atoms with Gasteiger partial charge >= 0.3 is 6.18 Å². The fourth-order valence-corrected chi connectivity index (χ4v) is 2.44. The van der Waals surface area contributed by atoms with Crippen LogP contribution in [0.15, 0.2) is 12.3 Å². The fraction of sp³-hybridized carbons (Fsp3) is 0.643. The van der Waals surface area contributed by atoms with Gasteiger partial charge in [-0.2, -0.15) is 13.2 Å². The maximum Gasteiger partial charge on any atom is 0.433 e. The van der Waals surface area contributed by atoms with E-state index in [0.29, 0.717) is 24.2 Å². The SMILES string of the molecule is Cc1cc(OC[C@@H]2CCNC[C@@H]2C)cnc1C(F)(F)F. The van der Waals surface area contributed by atoms with Crippen molar-refractivity contribution in [3.63, 3.8) is 0 Å². The Morgan fingerprint density at radius 1 is 1.45 bits per heavy atom. The molecule has 2 atom stereocenters. The van der Waals surface area contributed by atoms with Crippen molar-refractivity contribution in [1.29, 1.82) is 0 Å². The average molecular weight is 288 g/mol. The summed E-state index contributed by atoms with van der Waals surface area (Å²) in [5, 5.41) is 3.30. The van der Waals surface area contributed by atoms with Crippen LogP contribution in [-0.4, -0.2) is 24.7 Å². The van der Waals surface area contributed by atoms with Crippen LogP contribution in [0.2, 0.25) is 0 Å². The fourth-order valence-electron chi connectivity index (χ4n) is 2.44. The second-order valence-corrected chi connectivity index (χ2v) is 5.38. The van der Waals surface area contributed by atoms with E-state index in [1.165, 1.54) is 13.0 Å². The predicted octanol–water partition coefficient (Wildman–Crippen LogP) is 3.03. The molecule has 1 aliphatic heterocycles. The Morgan fingerprint density at radius 3 is 2.80 bits per heavy atom. The summed E-state index contributed by atoms with van der Waals surface area (Å²) >= 11 is 0. The molecule has 0 amide bonds. The van der Waals surface area contributed by atoms with Crippen LogP contribution < -0.4 is 10.1 Å². The van der Waals surface area contributed by atoms with Crippen molar-refractivity contribution < 1.29 is 17.9 Å². The quantitative estimate of drug-likeness (QED) is 0.928. The maximum absolute atomic E-state index is 12.6. The molecule has 0 aromatic carbocycles. The first-order chi connectivity index (χ1) is 9.38. The van der Waals surface area contributed by atoms with Crippen LogP contribution in [0.4, 0.5) is 13.2 Å². The van der Waals surface area contributed by atoms with Gasteiger partial charge in [0.15, 0.2) is 0 Å². The number of pyridine rings is 1. The lowest BCUT2D eigenvalue weighted by Crippen LogP contribution is -2.37. The number of piperidine rings is 1. The molecular formula is C14H19F3N2O. The topological polar surface area (TPSA) is 34.1 Å². The second-order valence-electron chi connectivity index (χ2n) is 5.38. The molecule has 20 heavy (non-hydrogen) atoms. The van der Waals surface area contributed by atoms with Gasteiger partial charge in [-0.25, -0.2) is 4.98 Å². The van der Waals surface area contributed by atoms with Crippen molar-refractivity contribution in [2.45, 2.75) is 26.4 Å². The average Bonchev–Trinajstić information content (AvgIpc) is 2.36. The van der Waals surface area contributed by atoms with Crippen molar-refractivity contribution in [2.75, 3.05) is 19.7 Å². The lowest BCUT2D eigenvalue weighted by atomic mass is 9.89. The second kappa shape index (κ2) is 5.99. The van der Waals surface area contributed by atoms with E-state index in [1.54, 1.807) is 0 Å². The molecule has 1 aliphatic rings. The summed E-state index contributed by atoms with van der Waals surface area (Å²) in [6.45, 7) is 5.99. The minimum absolute atomic E-state index is 0.0911. The summed E-state index contributed by atoms with van der Waals surface area (Å²) < 4.78 is 43.4. The summed E-state index contributed by atoms with van der Waals surface area (Å²) in [5.74, 6) is 1.34. The Hall–Kier alpha value is -1.30. The first kappa shape index (κ1) is 15.1. The molecule has 2 heterocycles. The number of nitrogens with zero attached hydrogens (tertiary/aromatic N) is 1. The lowest BCUT2D eigenvalue weighted by Gasteiger charge is -2.29. The zero-order valence-corrected chi connectivity index (χ0v) is 11.6. The summed E-state index contributed by atoms with van der Waals surface area (Å²) in [5.41, 5.74) is -0.756. The molecule has 1 aromatic rings. The first-order valence-electron chi connectivity index (χ1n) is 6.75. The van der Waals surface area contributed by atoms with Crippen molar-refractivity contribution in [3.8, 4) is 5.75 Å². The molecule has 0 bridgehead atoms. The van der Waals surface area contributed by atoms with Crippen LogP contribution in [0, 0.1) is 18.8 Å². The summed E-state index contributed by atoms with van der Waals surface area (Å²) in [6.07, 6.45) is -2.23. The third-order valence-corrected chi connectivity index (χ3v) is 3.75. The van der Waals surface area contributed by atoms with Crippen molar-refractivity contribution in [2.24, 2.45) is 11.8 Å². The monoisotopic (exact) mass is 288 g/mol. The Morgan fingerprint density at radius 2 is 2.20 bits per heavy atom. The number of hydrogen-bond acceptors (Lipinski definition) is 3. The van der Waals surface area contributed by atoms with Crippen LogP contribution in [0.5, 0.6) is 5.75 Å². The predicted molar refractivity (Wildman–Crippen MR) is 69.6 cm³/mol. The van der Waals surface area contributed by atoms with Gasteiger partial charge in [-0.05, 0) is 49.9 Å². The first-order valence-corrected chi connectivity index (χ1v) is 6.75. The minimum atomic E-state index is -4.41. The molecule has 112 valence electrons. The Bertz CT molecular complexity index is 462. The highest BCUT2D eigenvalue weighted by molar-refractivity contribution is 5.29. The van der Waals surface area contributed by atoms with Crippen LogP contribution in [0.25, 0.3) is 0 Å². The van der Waals surface area contributed by atoms with E-state index in [1.807, 2.05) is 0 Å². The van der Waals surface area contributed by atoms with Gasteiger partial charge in [0, 0.05) is 0 Å². The molecule has 1 aromatic heterocycles. The molecule has 0 unspecified atom stereocenters. The number of nitrogens with one attached hydrogen (secondary N) is 1. The number of aryl methyl sites for hydroxylation is 1. The number of rotatable bonds is 3. The van der Waals surface area contributed by atoms with Gasteiger partial charge in [-0.1, -0.05) is 6.92 Å². The van der Waals surface area contributed by atoms with Crippen LogP contribution >= 0.6 is 0 Å². The summed E-state index contributed by atoms with van der Waals surface area (Å²) in [4.78, 5) is 3.47. The van der Waals surface area contributed by atoms with Gasteiger partial charge in [0.2, 0.25) is 0 Å². The Balaban J connectivity index is 1.98. The molecule has 1 N–H and O–H groups in total. The van der Waals surface area contributed by atoms with Gasteiger partial charge in [0.1, 0.15) is 11.4 Å². The van der Waals surface area contributed by atoms with E-state index in [4.69, 9.17) is 4.74 Å². The smallest absolute Gasteiger partial charge is 0.433 e. The molecule has 0 spiro atoms. The molecule has 0 saturated carbocycles. The highest BCUT2D eigenvalue weighted by atomic mass is 19.4. The molecule has 1 saturated heterocycles. The molecule has 6 heteroatoms. The lowest BCUT2D eigenvalue weighted by molar-refractivity contribution is -0.141. The van der Waals surface area contributed by atoms with E-state index in [-0.39, 0.29) is 5.56 Å². The largest absolute Gasteiger partial charge is 0.492 e. The molecule has 0 aliphatic carbocycles. The minimum Gasteiger partial charge on any atom is -0.492 e. The highest BCUT2D eigenvalue weighted by Crippen LogP contribution is 2.31. The zero-order chi connectivity index (χ0) is 14.8. The molecule has 1 fully saturated rings. The van der Waals surface area contributed by atoms with Crippen LogP contribution in [0.1, 0.15) is 24.6 Å². The van der Waals surface area contributed by atoms with Crippen LogP contribution in [0.3, 0.4) is 0 Å². The number of halogens is 3. The van der Waals surface area contributed by atoms with E-state index >= 15 is 0 Å². The van der Waals surface area contributed by atoms with E-state index < -0.39 is 11.9 Å². The number of aromatic nitrogens is 1. The van der Waals surface area contributed by atoms with E-state index in [0.717, 1.165) is 25.7 Å². The number of alkyl halides is 3.